The van der Waals surface area contributed by atoms with E-state index in [4.69, 9.17) is 0 Å². The number of amides is 1. The largest absolute Gasteiger partial charge is 0.271 e. The van der Waals surface area contributed by atoms with E-state index < -0.39 is 15.9 Å². The van der Waals surface area contributed by atoms with Crippen molar-refractivity contribution in [3.05, 3.63) is 29.8 Å². The third-order valence-corrected chi connectivity index (χ3v) is 4.55. The number of benzene rings is 1. The smallest absolute Gasteiger partial charge is 0.260 e. The van der Waals surface area contributed by atoms with E-state index in [1.165, 1.54) is 0 Å². The summed E-state index contributed by atoms with van der Waals surface area (Å²) in [5.41, 5.74) is 4.38. The number of sulfonamides is 1. The molecule has 0 saturated carbocycles. The van der Waals surface area contributed by atoms with Crippen LogP contribution in [0.15, 0.2) is 29.4 Å². The first-order chi connectivity index (χ1) is 10.4. The first kappa shape index (κ1) is 19.2. The van der Waals surface area contributed by atoms with Gasteiger partial charge in [-0.05, 0) is 31.5 Å². The van der Waals surface area contributed by atoms with Crippen molar-refractivity contribution in [2.45, 2.75) is 34.6 Å². The molecule has 0 aliphatic rings. The topological polar surface area (TPSA) is 78.8 Å². The van der Waals surface area contributed by atoms with E-state index in [0.717, 1.165) is 21.8 Å². The molecule has 0 spiro atoms. The minimum Gasteiger partial charge on any atom is -0.271 e. The van der Waals surface area contributed by atoms with Crippen molar-refractivity contribution in [1.82, 2.24) is 5.43 Å². The van der Waals surface area contributed by atoms with Gasteiger partial charge in [0.25, 0.3) is 5.91 Å². The molecule has 0 aliphatic carbocycles. The van der Waals surface area contributed by atoms with Crippen LogP contribution in [0, 0.1) is 12.3 Å². The van der Waals surface area contributed by atoms with Crippen LogP contribution in [0.4, 0.5) is 5.69 Å². The van der Waals surface area contributed by atoms with Gasteiger partial charge in [-0.2, -0.15) is 5.10 Å². The highest BCUT2D eigenvalue weighted by molar-refractivity contribution is 7.92. The number of aryl methyl sites for hydroxylation is 1. The van der Waals surface area contributed by atoms with Crippen LogP contribution in [0.5, 0.6) is 0 Å². The second kappa shape index (κ2) is 7.12. The lowest BCUT2D eigenvalue weighted by Gasteiger charge is -2.22. The predicted octanol–water partition coefficient (Wildman–Crippen LogP) is 2.30. The fraction of sp³-hybridized carbons (Fsp3) is 0.500. The summed E-state index contributed by atoms with van der Waals surface area (Å²) in [6, 6.07) is 6.99. The second-order valence-corrected chi connectivity index (χ2v) is 8.50. The number of hydrogen-bond donors (Lipinski definition) is 1. The molecule has 6 nitrogen and oxygen atoms in total. The zero-order chi connectivity index (χ0) is 17.8. The van der Waals surface area contributed by atoms with Crippen LogP contribution in [0.25, 0.3) is 0 Å². The van der Waals surface area contributed by atoms with Crippen molar-refractivity contribution in [3.63, 3.8) is 0 Å². The van der Waals surface area contributed by atoms with Crippen molar-refractivity contribution in [2.24, 2.45) is 10.5 Å². The number of carbonyl (C=O) groups is 1. The third kappa shape index (κ3) is 6.02. The van der Waals surface area contributed by atoms with Crippen LogP contribution in [-0.4, -0.2) is 32.8 Å². The summed E-state index contributed by atoms with van der Waals surface area (Å²) in [6.07, 6.45) is 1.08. The van der Waals surface area contributed by atoms with E-state index in [0.29, 0.717) is 5.69 Å². The van der Waals surface area contributed by atoms with Gasteiger partial charge in [0.15, 0.2) is 0 Å². The first-order valence-electron chi connectivity index (χ1n) is 7.29. The molecule has 0 fully saturated rings. The average Bonchev–Trinajstić information content (AvgIpc) is 2.39. The fourth-order valence-electron chi connectivity index (χ4n) is 1.66. The Bertz CT molecular complexity index is 704. The minimum absolute atomic E-state index is 0.166. The Hall–Kier alpha value is -1.89. The zero-order valence-electron chi connectivity index (χ0n) is 14.5. The molecule has 0 bridgehead atoms. The van der Waals surface area contributed by atoms with E-state index in [1.807, 2.05) is 40.7 Å². The Morgan fingerprint density at radius 3 is 2.39 bits per heavy atom. The van der Waals surface area contributed by atoms with Gasteiger partial charge in [0, 0.05) is 11.1 Å². The SMILES string of the molecule is CC(=NNC(=O)CN(c1cccc(C)c1)S(C)(=O)=O)C(C)(C)C. The molecule has 1 N–H and O–H groups in total. The highest BCUT2D eigenvalue weighted by atomic mass is 32.2. The molecule has 0 atom stereocenters. The lowest BCUT2D eigenvalue weighted by Crippen LogP contribution is -2.39. The van der Waals surface area contributed by atoms with Gasteiger partial charge >= 0.3 is 0 Å². The molecular weight excluding hydrogens is 314 g/mol. The molecule has 1 aromatic carbocycles. The Morgan fingerprint density at radius 2 is 1.91 bits per heavy atom. The zero-order valence-corrected chi connectivity index (χ0v) is 15.4. The van der Waals surface area contributed by atoms with Crippen molar-refractivity contribution in [3.8, 4) is 0 Å². The number of carbonyl (C=O) groups excluding carboxylic acids is 1. The number of anilines is 1. The third-order valence-electron chi connectivity index (χ3n) is 3.41. The number of rotatable bonds is 5. The van der Waals surface area contributed by atoms with Gasteiger partial charge in [-0.15, -0.1) is 0 Å². The first-order valence-corrected chi connectivity index (χ1v) is 9.14. The molecule has 0 aromatic heterocycles. The summed E-state index contributed by atoms with van der Waals surface area (Å²) >= 11 is 0. The van der Waals surface area contributed by atoms with Crippen LogP contribution in [0.3, 0.4) is 0 Å². The molecule has 128 valence electrons. The summed E-state index contributed by atoms with van der Waals surface area (Å²) < 4.78 is 25.0. The molecule has 7 heteroatoms. The molecule has 1 rings (SSSR count). The van der Waals surface area contributed by atoms with Crippen LogP contribution in [0.2, 0.25) is 0 Å². The van der Waals surface area contributed by atoms with Crippen molar-refractivity contribution in [2.75, 3.05) is 17.1 Å². The molecule has 1 amide bonds. The molecule has 0 saturated heterocycles. The quantitative estimate of drug-likeness (QED) is 0.660. The van der Waals surface area contributed by atoms with Gasteiger partial charge < -0.3 is 0 Å². The monoisotopic (exact) mass is 339 g/mol. The lowest BCUT2D eigenvalue weighted by atomic mass is 9.91. The Morgan fingerprint density at radius 1 is 1.30 bits per heavy atom. The molecule has 23 heavy (non-hydrogen) atoms. The predicted molar refractivity (Wildman–Crippen MR) is 94.1 cm³/mol. The summed E-state index contributed by atoms with van der Waals surface area (Å²) in [4.78, 5) is 12.1. The molecular formula is C16H25N3O3S. The van der Waals surface area contributed by atoms with Crippen LogP contribution in [-0.2, 0) is 14.8 Å². The minimum atomic E-state index is -3.57. The van der Waals surface area contributed by atoms with E-state index in [-0.39, 0.29) is 12.0 Å². The Labute approximate surface area is 138 Å². The number of nitrogens with zero attached hydrogens (tertiary/aromatic N) is 2. The summed E-state index contributed by atoms with van der Waals surface area (Å²) in [7, 11) is -3.57. The molecule has 0 unspecified atom stereocenters. The molecule has 0 heterocycles. The standard InChI is InChI=1S/C16H25N3O3S/c1-12-8-7-9-14(10-12)19(23(6,21)22)11-15(20)18-17-13(2)16(3,4)5/h7-10H,11H2,1-6H3,(H,18,20). The number of hydrogen-bond acceptors (Lipinski definition) is 4. The van der Waals surface area contributed by atoms with E-state index in [2.05, 4.69) is 10.5 Å². The summed E-state index contributed by atoms with van der Waals surface area (Å²) in [5, 5.41) is 4.04. The van der Waals surface area contributed by atoms with Crippen molar-refractivity contribution >= 4 is 27.3 Å². The van der Waals surface area contributed by atoms with Crippen LogP contribution >= 0.6 is 0 Å². The van der Waals surface area contributed by atoms with E-state index >= 15 is 0 Å². The number of hydrazone groups is 1. The highest BCUT2D eigenvalue weighted by Crippen LogP contribution is 2.18. The maximum atomic E-state index is 12.1. The second-order valence-electron chi connectivity index (χ2n) is 6.59. The van der Waals surface area contributed by atoms with Gasteiger partial charge in [-0.1, -0.05) is 32.9 Å². The van der Waals surface area contributed by atoms with Gasteiger partial charge in [0.2, 0.25) is 10.0 Å². The highest BCUT2D eigenvalue weighted by Gasteiger charge is 2.21. The van der Waals surface area contributed by atoms with Crippen molar-refractivity contribution in [1.29, 1.82) is 0 Å². The van der Waals surface area contributed by atoms with Gasteiger partial charge in [-0.25, -0.2) is 13.8 Å². The van der Waals surface area contributed by atoms with Crippen LogP contribution < -0.4 is 9.73 Å². The Kier molecular flexibility index (Phi) is 5.93. The molecule has 0 aliphatic heterocycles. The van der Waals surface area contributed by atoms with Crippen molar-refractivity contribution < 1.29 is 13.2 Å². The van der Waals surface area contributed by atoms with Gasteiger partial charge in [-0.3, -0.25) is 9.10 Å². The lowest BCUT2D eigenvalue weighted by molar-refractivity contribution is -0.119. The van der Waals surface area contributed by atoms with Gasteiger partial charge in [0.1, 0.15) is 6.54 Å². The maximum Gasteiger partial charge on any atom is 0.260 e. The van der Waals surface area contributed by atoms with E-state index in [9.17, 15) is 13.2 Å². The van der Waals surface area contributed by atoms with Crippen LogP contribution in [0.1, 0.15) is 33.3 Å². The average molecular weight is 339 g/mol. The normalized spacial score (nSPS) is 12.9. The summed E-state index contributed by atoms with van der Waals surface area (Å²) in [5.74, 6) is -0.486. The number of nitrogens with one attached hydrogen (secondary N) is 1. The van der Waals surface area contributed by atoms with Gasteiger partial charge in [0.05, 0.1) is 11.9 Å². The van der Waals surface area contributed by atoms with E-state index in [1.54, 1.807) is 18.2 Å². The Balaban J connectivity index is 2.94. The summed E-state index contributed by atoms with van der Waals surface area (Å²) in [6.45, 7) is 9.30. The fourth-order valence-corrected chi connectivity index (χ4v) is 2.51. The molecule has 0 radical (unpaired) electrons. The maximum absolute atomic E-state index is 12.1. The molecule has 1 aromatic rings.